The summed E-state index contributed by atoms with van der Waals surface area (Å²) in [6, 6.07) is 0.0779. The highest BCUT2D eigenvalue weighted by Gasteiger charge is 2.29. The molecule has 0 aromatic carbocycles. The van der Waals surface area contributed by atoms with E-state index in [2.05, 4.69) is 22.9 Å². The molecule has 2 unspecified atom stereocenters. The molecule has 6 heteroatoms. The van der Waals surface area contributed by atoms with E-state index in [1.54, 1.807) is 0 Å². The number of thiol groups is 1. The molecule has 2 atom stereocenters. The van der Waals surface area contributed by atoms with E-state index in [4.69, 9.17) is 5.73 Å². The van der Waals surface area contributed by atoms with E-state index in [0.717, 1.165) is 31.7 Å². The fraction of sp³-hybridized carbons (Fsp3) is 0.818. The van der Waals surface area contributed by atoms with E-state index in [1.807, 2.05) is 11.8 Å². The number of amides is 1. The highest BCUT2D eigenvalue weighted by molar-refractivity contribution is 7.80. The predicted octanol–water partition coefficient (Wildman–Crippen LogP) is -0.128. The van der Waals surface area contributed by atoms with Gasteiger partial charge >= 0.3 is 0 Å². The summed E-state index contributed by atoms with van der Waals surface area (Å²) in [5.74, 6) is 0.910. The van der Waals surface area contributed by atoms with Crippen LogP contribution < -0.4 is 11.1 Å². The van der Waals surface area contributed by atoms with Gasteiger partial charge in [0, 0.05) is 25.4 Å². The third-order valence-corrected chi connectivity index (χ3v) is 3.20. The first-order valence-corrected chi connectivity index (χ1v) is 6.72. The minimum absolute atomic E-state index is 0.0947. The third-order valence-electron chi connectivity index (χ3n) is 2.98. The molecule has 0 aromatic rings. The van der Waals surface area contributed by atoms with Crippen molar-refractivity contribution in [1.82, 2.24) is 10.2 Å². The smallest absolute Gasteiger partial charge is 0.239 e. The summed E-state index contributed by atoms with van der Waals surface area (Å²) in [7, 11) is 0. The first-order valence-electron chi connectivity index (χ1n) is 6.09. The molecule has 0 saturated carbocycles. The van der Waals surface area contributed by atoms with Gasteiger partial charge < -0.3 is 16.0 Å². The Labute approximate surface area is 108 Å². The van der Waals surface area contributed by atoms with Crippen LogP contribution in [0.2, 0.25) is 0 Å². The molecule has 98 valence electrons. The van der Waals surface area contributed by atoms with Crippen molar-refractivity contribution in [1.29, 1.82) is 0 Å². The lowest BCUT2D eigenvalue weighted by Gasteiger charge is -2.23. The topological polar surface area (TPSA) is 70.7 Å². The van der Waals surface area contributed by atoms with Crippen LogP contribution in [-0.4, -0.2) is 54.6 Å². The fourth-order valence-electron chi connectivity index (χ4n) is 2.05. The van der Waals surface area contributed by atoms with Gasteiger partial charge in [0.15, 0.2) is 0 Å². The normalized spacial score (nSPS) is 22.2. The molecule has 1 amide bonds. The van der Waals surface area contributed by atoms with Crippen LogP contribution in [0.4, 0.5) is 0 Å². The summed E-state index contributed by atoms with van der Waals surface area (Å²) >= 11 is 4.13. The van der Waals surface area contributed by atoms with Crippen molar-refractivity contribution in [2.75, 3.05) is 25.4 Å². The Bertz CT molecular complexity index is 272. The van der Waals surface area contributed by atoms with Gasteiger partial charge in [0.05, 0.1) is 18.4 Å². The standard InChI is InChI=1S/C11H22N4OS/c1-2-10(13-4-6-17)11(16)15-5-3-9(7-15)14-8-12/h8-10,13,17H,2-7H2,1H3,(H2,12,14). The molecule has 0 spiro atoms. The number of nitrogens with two attached hydrogens (primary N) is 1. The van der Waals surface area contributed by atoms with Crippen molar-refractivity contribution in [2.45, 2.75) is 31.8 Å². The number of hydrogen-bond acceptors (Lipinski definition) is 4. The van der Waals surface area contributed by atoms with E-state index in [-0.39, 0.29) is 18.0 Å². The molecule has 0 aliphatic carbocycles. The largest absolute Gasteiger partial charge is 0.390 e. The molecule has 1 rings (SSSR count). The van der Waals surface area contributed by atoms with Gasteiger partial charge in [-0.1, -0.05) is 6.92 Å². The lowest BCUT2D eigenvalue weighted by molar-refractivity contribution is -0.132. The van der Waals surface area contributed by atoms with Crippen LogP contribution in [0, 0.1) is 0 Å². The molecule has 0 radical (unpaired) electrons. The Kier molecular flexibility index (Phi) is 6.36. The molecular formula is C11H22N4OS. The highest BCUT2D eigenvalue weighted by atomic mass is 32.1. The summed E-state index contributed by atoms with van der Waals surface area (Å²) < 4.78 is 0. The van der Waals surface area contributed by atoms with E-state index < -0.39 is 0 Å². The number of carbonyl (C=O) groups is 1. The molecule has 1 heterocycles. The van der Waals surface area contributed by atoms with Crippen molar-refractivity contribution >= 4 is 24.9 Å². The van der Waals surface area contributed by atoms with Crippen molar-refractivity contribution in [3.8, 4) is 0 Å². The lowest BCUT2D eigenvalue weighted by Crippen LogP contribution is -2.46. The number of carbonyl (C=O) groups excluding carboxylic acids is 1. The Balaban J connectivity index is 2.46. The van der Waals surface area contributed by atoms with Gasteiger partial charge in [-0.2, -0.15) is 12.6 Å². The van der Waals surface area contributed by atoms with Crippen LogP contribution in [-0.2, 0) is 4.79 Å². The van der Waals surface area contributed by atoms with Crippen LogP contribution >= 0.6 is 12.6 Å². The van der Waals surface area contributed by atoms with Crippen molar-refractivity contribution in [3.05, 3.63) is 0 Å². The second kappa shape index (κ2) is 7.55. The quantitative estimate of drug-likeness (QED) is 0.353. The molecule has 0 aromatic heterocycles. The van der Waals surface area contributed by atoms with E-state index in [0.29, 0.717) is 6.54 Å². The minimum atomic E-state index is -0.0947. The Morgan fingerprint density at radius 3 is 3.12 bits per heavy atom. The minimum Gasteiger partial charge on any atom is -0.390 e. The predicted molar refractivity (Wildman–Crippen MR) is 73.6 cm³/mol. The van der Waals surface area contributed by atoms with Crippen LogP contribution in [0.25, 0.3) is 0 Å². The van der Waals surface area contributed by atoms with Gasteiger partial charge in [-0.3, -0.25) is 9.79 Å². The number of likely N-dealkylation sites (tertiary alicyclic amines) is 1. The van der Waals surface area contributed by atoms with E-state index >= 15 is 0 Å². The monoisotopic (exact) mass is 258 g/mol. The van der Waals surface area contributed by atoms with E-state index in [9.17, 15) is 4.79 Å². The fourth-order valence-corrected chi connectivity index (χ4v) is 2.18. The van der Waals surface area contributed by atoms with Gasteiger partial charge in [0.25, 0.3) is 0 Å². The van der Waals surface area contributed by atoms with Crippen molar-refractivity contribution in [3.63, 3.8) is 0 Å². The zero-order valence-corrected chi connectivity index (χ0v) is 11.2. The SMILES string of the molecule is CCC(NCCS)C(=O)N1CCC(N=CN)C1. The van der Waals surface area contributed by atoms with Crippen LogP contribution in [0.1, 0.15) is 19.8 Å². The molecule has 1 aliphatic heterocycles. The van der Waals surface area contributed by atoms with E-state index in [1.165, 1.54) is 6.34 Å². The van der Waals surface area contributed by atoms with Crippen LogP contribution in [0.15, 0.2) is 4.99 Å². The molecule has 1 saturated heterocycles. The average Bonchev–Trinajstić information content (AvgIpc) is 2.79. The van der Waals surface area contributed by atoms with Gasteiger partial charge in [-0.05, 0) is 12.8 Å². The Hall–Kier alpha value is -0.750. The summed E-state index contributed by atoms with van der Waals surface area (Å²) in [5.41, 5.74) is 5.27. The van der Waals surface area contributed by atoms with Crippen molar-refractivity contribution in [2.24, 2.45) is 10.7 Å². The Morgan fingerprint density at radius 1 is 1.76 bits per heavy atom. The van der Waals surface area contributed by atoms with Crippen LogP contribution in [0.3, 0.4) is 0 Å². The second-order valence-electron chi connectivity index (χ2n) is 4.16. The first-order chi connectivity index (χ1) is 8.22. The maximum absolute atomic E-state index is 12.2. The zero-order chi connectivity index (χ0) is 12.7. The number of nitrogens with zero attached hydrogens (tertiary/aromatic N) is 2. The van der Waals surface area contributed by atoms with Gasteiger partial charge in [0.2, 0.25) is 5.91 Å². The van der Waals surface area contributed by atoms with Gasteiger partial charge in [0.1, 0.15) is 0 Å². The third kappa shape index (κ3) is 4.20. The molecule has 1 aliphatic rings. The molecule has 3 N–H and O–H groups in total. The highest BCUT2D eigenvalue weighted by Crippen LogP contribution is 2.14. The van der Waals surface area contributed by atoms with Crippen molar-refractivity contribution < 1.29 is 4.79 Å². The maximum Gasteiger partial charge on any atom is 0.239 e. The van der Waals surface area contributed by atoms with Gasteiger partial charge in [-0.25, -0.2) is 0 Å². The molecule has 17 heavy (non-hydrogen) atoms. The molecule has 1 fully saturated rings. The molecular weight excluding hydrogens is 236 g/mol. The number of rotatable bonds is 6. The zero-order valence-electron chi connectivity index (χ0n) is 10.3. The molecule has 0 bridgehead atoms. The summed E-state index contributed by atoms with van der Waals surface area (Å²) in [4.78, 5) is 18.2. The number of aliphatic imine (C=N–C) groups is 1. The summed E-state index contributed by atoms with van der Waals surface area (Å²) in [5, 5.41) is 3.21. The summed E-state index contributed by atoms with van der Waals surface area (Å²) in [6.07, 6.45) is 3.03. The summed E-state index contributed by atoms with van der Waals surface area (Å²) in [6.45, 7) is 4.23. The number of hydrogen-bond donors (Lipinski definition) is 3. The second-order valence-corrected chi connectivity index (χ2v) is 4.61. The average molecular weight is 258 g/mol. The lowest BCUT2D eigenvalue weighted by atomic mass is 10.2. The Morgan fingerprint density at radius 2 is 2.53 bits per heavy atom. The maximum atomic E-state index is 12.2. The first kappa shape index (κ1) is 14.3. The molecule has 5 nitrogen and oxygen atoms in total. The number of nitrogens with one attached hydrogen (secondary N) is 1. The van der Waals surface area contributed by atoms with Gasteiger partial charge in [-0.15, -0.1) is 0 Å². The van der Waals surface area contributed by atoms with Crippen LogP contribution in [0.5, 0.6) is 0 Å².